The molecule has 0 saturated heterocycles. The molecule has 1 rings (SSSR count). The summed E-state index contributed by atoms with van der Waals surface area (Å²) in [7, 11) is 0. The molecular weight excluding hydrogens is 330 g/mol. The van der Waals surface area contributed by atoms with Gasteiger partial charge < -0.3 is 5.11 Å². The monoisotopic (exact) mass is 354 g/mol. The Morgan fingerprint density at radius 2 is 1.48 bits per heavy atom. The number of nitro benzene ring substituents is 2. The fraction of sp³-hybridized carbons (Fsp3) is 0.562. The molecule has 0 unspecified atom stereocenters. The Bertz CT molecular complexity index is 656. The van der Waals surface area contributed by atoms with Gasteiger partial charge in [-0.05, 0) is 34.1 Å². The van der Waals surface area contributed by atoms with Crippen LogP contribution in [0.2, 0.25) is 0 Å². The van der Waals surface area contributed by atoms with Gasteiger partial charge in [-0.15, -0.1) is 0 Å². The number of nitrogens with zero attached hydrogens (tertiary/aromatic N) is 3. The van der Waals surface area contributed by atoms with Crippen LogP contribution in [0.4, 0.5) is 17.1 Å². The molecule has 0 spiro atoms. The third-order valence-electron chi connectivity index (χ3n) is 4.56. The summed E-state index contributed by atoms with van der Waals surface area (Å²) < 4.78 is 0.0308. The van der Waals surface area contributed by atoms with Gasteiger partial charge in [0.1, 0.15) is 0 Å². The molecule has 0 aromatic heterocycles. The van der Waals surface area contributed by atoms with Gasteiger partial charge in [0.15, 0.2) is 0 Å². The van der Waals surface area contributed by atoms with E-state index in [-0.39, 0.29) is 22.3 Å². The van der Waals surface area contributed by atoms with E-state index in [0.717, 1.165) is 12.1 Å². The largest absolute Gasteiger partial charge is 0.478 e. The molecular formula is C16H24N3O6+. The maximum absolute atomic E-state index is 11.6. The fourth-order valence-corrected chi connectivity index (χ4v) is 3.54. The van der Waals surface area contributed by atoms with E-state index in [1.54, 1.807) is 0 Å². The van der Waals surface area contributed by atoms with Gasteiger partial charge in [-0.3, -0.25) is 24.7 Å². The maximum Gasteiger partial charge on any atom is 0.337 e. The number of hydrogen-bond acceptors (Lipinski definition) is 5. The molecule has 9 nitrogen and oxygen atoms in total. The number of quaternary nitrogens is 1. The summed E-state index contributed by atoms with van der Waals surface area (Å²) >= 11 is 0. The molecule has 0 aliphatic rings. The lowest BCUT2D eigenvalue weighted by molar-refractivity contribution is -0.394. The molecule has 0 bridgehead atoms. The second-order valence-corrected chi connectivity index (χ2v) is 6.52. The van der Waals surface area contributed by atoms with Crippen molar-refractivity contribution in [2.45, 2.75) is 53.1 Å². The highest BCUT2D eigenvalue weighted by atomic mass is 16.6. The van der Waals surface area contributed by atoms with Gasteiger partial charge in [0, 0.05) is 12.1 Å². The molecule has 1 N–H and O–H groups in total. The van der Waals surface area contributed by atoms with Crippen molar-refractivity contribution in [3.8, 4) is 0 Å². The van der Waals surface area contributed by atoms with E-state index in [1.807, 2.05) is 34.6 Å². The molecule has 0 atom stereocenters. The molecule has 0 saturated carbocycles. The molecule has 0 aliphatic carbocycles. The summed E-state index contributed by atoms with van der Waals surface area (Å²) in [6.45, 7) is 9.79. The number of benzene rings is 1. The summed E-state index contributed by atoms with van der Waals surface area (Å²) in [5, 5.41) is 32.5. The zero-order chi connectivity index (χ0) is 19.5. The quantitative estimate of drug-likeness (QED) is 0.431. The number of hydrogen-bond donors (Lipinski definition) is 1. The molecule has 0 heterocycles. The molecule has 0 amide bonds. The minimum atomic E-state index is -1.44. The Balaban J connectivity index is 4.07. The van der Waals surface area contributed by atoms with E-state index >= 15 is 0 Å². The zero-order valence-electron chi connectivity index (χ0n) is 15.1. The predicted octanol–water partition coefficient (Wildman–Crippen LogP) is 3.74. The van der Waals surface area contributed by atoms with Crippen molar-refractivity contribution in [1.29, 1.82) is 0 Å². The first-order valence-corrected chi connectivity index (χ1v) is 8.08. The lowest BCUT2D eigenvalue weighted by atomic mass is 10.0. The number of aromatic carboxylic acids is 1. The van der Waals surface area contributed by atoms with E-state index in [1.165, 1.54) is 0 Å². The van der Waals surface area contributed by atoms with E-state index in [4.69, 9.17) is 5.11 Å². The summed E-state index contributed by atoms with van der Waals surface area (Å²) in [6, 6.07) is 1.48. The van der Waals surface area contributed by atoms with Crippen molar-refractivity contribution in [3.05, 3.63) is 37.9 Å². The minimum absolute atomic E-state index is 0.0308. The van der Waals surface area contributed by atoms with Crippen molar-refractivity contribution in [2.24, 2.45) is 0 Å². The summed E-state index contributed by atoms with van der Waals surface area (Å²) in [6.07, 6.45) is 0.658. The van der Waals surface area contributed by atoms with Gasteiger partial charge in [0.25, 0.3) is 5.69 Å². The van der Waals surface area contributed by atoms with Gasteiger partial charge in [-0.2, -0.15) is 0 Å². The molecule has 9 heteroatoms. The lowest BCUT2D eigenvalue weighted by Gasteiger charge is -2.44. The van der Waals surface area contributed by atoms with Crippen LogP contribution in [0.15, 0.2) is 12.1 Å². The summed E-state index contributed by atoms with van der Waals surface area (Å²) in [5.41, 5.74) is -1.55. The molecule has 0 fully saturated rings. The van der Waals surface area contributed by atoms with Crippen molar-refractivity contribution in [3.63, 3.8) is 0 Å². The highest BCUT2D eigenvalue weighted by Gasteiger charge is 2.48. The van der Waals surface area contributed by atoms with Crippen LogP contribution in [-0.4, -0.2) is 39.6 Å². The van der Waals surface area contributed by atoms with E-state index < -0.39 is 32.8 Å². The average Bonchev–Trinajstić information content (AvgIpc) is 2.50. The Morgan fingerprint density at radius 1 is 1.08 bits per heavy atom. The van der Waals surface area contributed by atoms with Crippen molar-refractivity contribution >= 4 is 23.0 Å². The van der Waals surface area contributed by atoms with E-state index in [9.17, 15) is 25.0 Å². The van der Waals surface area contributed by atoms with Crippen LogP contribution in [0.1, 0.15) is 51.4 Å². The molecule has 0 aliphatic heterocycles. The van der Waals surface area contributed by atoms with Gasteiger partial charge >= 0.3 is 17.3 Å². The Hall–Kier alpha value is -2.55. The summed E-state index contributed by atoms with van der Waals surface area (Å²) in [5.74, 6) is -1.44. The first kappa shape index (κ1) is 20.5. The number of carbonyl (C=O) groups is 1. The van der Waals surface area contributed by atoms with Crippen molar-refractivity contribution < 1.29 is 19.7 Å². The number of nitro groups is 2. The van der Waals surface area contributed by atoms with Crippen molar-refractivity contribution in [1.82, 2.24) is 4.48 Å². The second kappa shape index (κ2) is 7.56. The SMILES string of the molecule is CCC[N+](c1c([N+](=O)[O-])cc(C(=O)O)cc1[N+](=O)[O-])(C(C)C)C(C)C. The van der Waals surface area contributed by atoms with Crippen molar-refractivity contribution in [2.75, 3.05) is 6.54 Å². The van der Waals surface area contributed by atoms with Gasteiger partial charge in [-0.25, -0.2) is 4.79 Å². The third-order valence-corrected chi connectivity index (χ3v) is 4.56. The fourth-order valence-electron chi connectivity index (χ4n) is 3.54. The standard InChI is InChI=1S/C16H23N3O6/c1-6-7-19(10(2)3,11(4)5)15-13(17(22)23)8-12(16(20)21)9-14(15)18(24)25/h8-11H,6-7H2,1-5H3/p+1. The topological polar surface area (TPSA) is 124 Å². The van der Waals surface area contributed by atoms with Crippen LogP contribution in [0, 0.1) is 20.2 Å². The van der Waals surface area contributed by atoms with Gasteiger partial charge in [0.2, 0.25) is 0 Å². The van der Waals surface area contributed by atoms with Crippen LogP contribution in [-0.2, 0) is 0 Å². The van der Waals surface area contributed by atoms with Gasteiger partial charge in [-0.1, -0.05) is 6.92 Å². The second-order valence-electron chi connectivity index (χ2n) is 6.52. The summed E-state index contributed by atoms with van der Waals surface area (Å²) in [4.78, 5) is 33.1. The normalized spacial score (nSPS) is 11.8. The highest BCUT2D eigenvalue weighted by Crippen LogP contribution is 2.45. The van der Waals surface area contributed by atoms with Crippen LogP contribution in [0.5, 0.6) is 0 Å². The third kappa shape index (κ3) is 3.60. The first-order chi connectivity index (χ1) is 11.5. The first-order valence-electron chi connectivity index (χ1n) is 8.08. The molecule has 138 valence electrons. The Labute approximate surface area is 145 Å². The average molecular weight is 354 g/mol. The number of carboxylic acids is 1. The molecule has 0 radical (unpaired) electrons. The molecule has 25 heavy (non-hydrogen) atoms. The number of carboxylic acid groups (broad SMARTS) is 1. The maximum atomic E-state index is 11.6. The van der Waals surface area contributed by atoms with E-state index in [0.29, 0.717) is 13.0 Å². The van der Waals surface area contributed by atoms with Crippen LogP contribution in [0.3, 0.4) is 0 Å². The Morgan fingerprint density at radius 3 is 1.72 bits per heavy atom. The van der Waals surface area contributed by atoms with Gasteiger partial charge in [0.05, 0.1) is 34.0 Å². The zero-order valence-corrected chi connectivity index (χ0v) is 15.1. The lowest BCUT2D eigenvalue weighted by Crippen LogP contribution is -2.60. The van der Waals surface area contributed by atoms with E-state index in [2.05, 4.69) is 0 Å². The van der Waals surface area contributed by atoms with Crippen LogP contribution in [0.25, 0.3) is 0 Å². The smallest absolute Gasteiger partial charge is 0.337 e. The van der Waals surface area contributed by atoms with Crippen LogP contribution < -0.4 is 4.48 Å². The highest BCUT2D eigenvalue weighted by molar-refractivity contribution is 5.92. The molecule has 1 aromatic carbocycles. The molecule has 1 aromatic rings. The minimum Gasteiger partial charge on any atom is -0.478 e. The van der Waals surface area contributed by atoms with Crippen LogP contribution >= 0.6 is 0 Å². The predicted molar refractivity (Wildman–Crippen MR) is 93.9 cm³/mol. The number of rotatable bonds is 8. The Kier molecular flexibility index (Phi) is 6.20.